The number of aliphatic carboxylic acids is 1. The highest BCUT2D eigenvalue weighted by Gasteiger charge is 2.41. The van der Waals surface area contributed by atoms with Crippen molar-refractivity contribution in [3.63, 3.8) is 0 Å². The van der Waals surface area contributed by atoms with Gasteiger partial charge in [-0.15, -0.1) is 0 Å². The molecule has 0 fully saturated rings. The van der Waals surface area contributed by atoms with E-state index in [4.69, 9.17) is 0 Å². The summed E-state index contributed by atoms with van der Waals surface area (Å²) in [5, 5.41) is 12.0. The molecule has 2 aromatic rings. The highest BCUT2D eigenvalue weighted by atomic mass is 19.4. The molecule has 1 aromatic heterocycles. The lowest BCUT2D eigenvalue weighted by atomic mass is 9.87. The monoisotopic (exact) mass is 353 g/mol. The molecule has 2 rings (SSSR count). The average molecular weight is 353 g/mol. The van der Waals surface area contributed by atoms with Crippen molar-refractivity contribution >= 4 is 11.9 Å². The third-order valence-corrected chi connectivity index (χ3v) is 3.66. The van der Waals surface area contributed by atoms with Gasteiger partial charge in [0.15, 0.2) is 5.54 Å². The summed E-state index contributed by atoms with van der Waals surface area (Å²) in [6, 6.07) is 8.02. The van der Waals surface area contributed by atoms with Gasteiger partial charge in [-0.25, -0.2) is 14.8 Å². The Labute approximate surface area is 140 Å². The molecular weight excluding hydrogens is 339 g/mol. The largest absolute Gasteiger partial charge is 0.479 e. The van der Waals surface area contributed by atoms with Gasteiger partial charge < -0.3 is 10.4 Å². The lowest BCUT2D eigenvalue weighted by Crippen LogP contribution is -2.51. The standard InChI is InChI=1S/C16H14F3N3O3/c1-2-15(14(24)25,11-6-4-3-5-7-11)22-12(23)10-8-20-13(21-9-10)16(17,18)19/h3-9H,2H2,1H3,(H,22,23)(H,24,25). The first kappa shape index (κ1) is 18.4. The Morgan fingerprint density at radius 2 is 1.68 bits per heavy atom. The zero-order chi connectivity index (χ0) is 18.7. The zero-order valence-corrected chi connectivity index (χ0v) is 13.0. The average Bonchev–Trinajstić information content (AvgIpc) is 2.59. The van der Waals surface area contributed by atoms with Crippen LogP contribution in [0.15, 0.2) is 42.7 Å². The van der Waals surface area contributed by atoms with Crippen molar-refractivity contribution in [2.24, 2.45) is 0 Å². The second kappa shape index (κ2) is 6.88. The third-order valence-electron chi connectivity index (χ3n) is 3.66. The molecule has 1 amide bonds. The minimum atomic E-state index is -4.73. The molecule has 1 heterocycles. The fourth-order valence-corrected chi connectivity index (χ4v) is 2.27. The molecule has 132 valence electrons. The molecule has 0 aliphatic heterocycles. The molecular formula is C16H14F3N3O3. The number of amides is 1. The van der Waals surface area contributed by atoms with Crippen molar-refractivity contribution in [1.82, 2.24) is 15.3 Å². The number of rotatable bonds is 5. The Morgan fingerprint density at radius 3 is 2.12 bits per heavy atom. The van der Waals surface area contributed by atoms with E-state index in [9.17, 15) is 27.9 Å². The van der Waals surface area contributed by atoms with E-state index >= 15 is 0 Å². The number of aromatic nitrogens is 2. The van der Waals surface area contributed by atoms with Gasteiger partial charge in [-0.1, -0.05) is 37.3 Å². The smallest absolute Gasteiger partial charge is 0.451 e. The van der Waals surface area contributed by atoms with Gasteiger partial charge in [0.25, 0.3) is 5.91 Å². The van der Waals surface area contributed by atoms with Crippen LogP contribution in [0, 0.1) is 0 Å². The molecule has 0 aliphatic rings. The second-order valence-electron chi connectivity index (χ2n) is 5.18. The van der Waals surface area contributed by atoms with Crippen molar-refractivity contribution in [1.29, 1.82) is 0 Å². The summed E-state index contributed by atoms with van der Waals surface area (Å²) in [6.07, 6.45) is -3.29. The summed E-state index contributed by atoms with van der Waals surface area (Å²) in [5.74, 6) is -3.56. The lowest BCUT2D eigenvalue weighted by molar-refractivity contribution is -0.145. The van der Waals surface area contributed by atoms with Gasteiger partial charge in [0.2, 0.25) is 5.82 Å². The minimum Gasteiger partial charge on any atom is -0.479 e. The first-order valence-corrected chi connectivity index (χ1v) is 7.21. The number of halogens is 3. The Kier molecular flexibility index (Phi) is 5.05. The molecule has 1 aromatic carbocycles. The van der Waals surface area contributed by atoms with E-state index in [1.807, 2.05) is 0 Å². The van der Waals surface area contributed by atoms with Crippen LogP contribution in [0.4, 0.5) is 13.2 Å². The van der Waals surface area contributed by atoms with Gasteiger partial charge in [0.05, 0.1) is 5.56 Å². The second-order valence-corrected chi connectivity index (χ2v) is 5.18. The topological polar surface area (TPSA) is 92.2 Å². The van der Waals surface area contributed by atoms with Crippen molar-refractivity contribution in [2.75, 3.05) is 0 Å². The summed E-state index contributed by atoms with van der Waals surface area (Å²) in [7, 11) is 0. The van der Waals surface area contributed by atoms with E-state index < -0.39 is 29.4 Å². The van der Waals surface area contributed by atoms with E-state index in [0.29, 0.717) is 18.0 Å². The van der Waals surface area contributed by atoms with Crippen LogP contribution in [0.5, 0.6) is 0 Å². The van der Waals surface area contributed by atoms with Crippen molar-refractivity contribution in [2.45, 2.75) is 25.1 Å². The fraction of sp³-hybridized carbons (Fsp3) is 0.250. The number of carboxylic acids is 1. The summed E-state index contributed by atoms with van der Waals surface area (Å²) in [5.41, 5.74) is -1.66. The van der Waals surface area contributed by atoms with E-state index in [0.717, 1.165) is 0 Å². The minimum absolute atomic E-state index is 0.0274. The van der Waals surface area contributed by atoms with E-state index in [2.05, 4.69) is 15.3 Å². The predicted molar refractivity (Wildman–Crippen MR) is 80.5 cm³/mol. The van der Waals surface area contributed by atoms with E-state index in [1.165, 1.54) is 0 Å². The summed E-state index contributed by atoms with van der Waals surface area (Å²) < 4.78 is 37.4. The van der Waals surface area contributed by atoms with Crippen LogP contribution in [-0.2, 0) is 16.5 Å². The molecule has 0 saturated heterocycles. The van der Waals surface area contributed by atoms with Gasteiger partial charge in [0.1, 0.15) is 0 Å². The first-order valence-electron chi connectivity index (χ1n) is 7.21. The molecule has 0 spiro atoms. The lowest BCUT2D eigenvalue weighted by Gasteiger charge is -2.30. The number of hydrogen-bond donors (Lipinski definition) is 2. The summed E-state index contributed by atoms with van der Waals surface area (Å²) >= 11 is 0. The number of carbonyl (C=O) groups excluding carboxylic acids is 1. The fourth-order valence-electron chi connectivity index (χ4n) is 2.27. The highest BCUT2D eigenvalue weighted by Crippen LogP contribution is 2.27. The Hall–Kier alpha value is -2.97. The van der Waals surface area contributed by atoms with Crippen LogP contribution in [0.1, 0.15) is 35.1 Å². The van der Waals surface area contributed by atoms with E-state index in [-0.39, 0.29) is 12.0 Å². The normalized spacial score (nSPS) is 13.8. The zero-order valence-electron chi connectivity index (χ0n) is 13.0. The molecule has 0 radical (unpaired) electrons. The number of carbonyl (C=O) groups is 2. The maximum absolute atomic E-state index is 12.5. The van der Waals surface area contributed by atoms with Crippen molar-refractivity contribution in [3.8, 4) is 0 Å². The maximum atomic E-state index is 12.5. The van der Waals surface area contributed by atoms with Gasteiger partial charge in [-0.3, -0.25) is 4.79 Å². The molecule has 2 N–H and O–H groups in total. The molecule has 0 aliphatic carbocycles. The van der Waals surface area contributed by atoms with Gasteiger partial charge in [0, 0.05) is 12.4 Å². The van der Waals surface area contributed by atoms with Gasteiger partial charge >= 0.3 is 12.1 Å². The van der Waals surface area contributed by atoms with Crippen LogP contribution >= 0.6 is 0 Å². The third kappa shape index (κ3) is 3.76. The Morgan fingerprint density at radius 1 is 1.12 bits per heavy atom. The molecule has 1 atom stereocenters. The number of hydrogen-bond acceptors (Lipinski definition) is 4. The van der Waals surface area contributed by atoms with Crippen LogP contribution in [0.25, 0.3) is 0 Å². The SMILES string of the molecule is CCC(NC(=O)c1cnc(C(F)(F)F)nc1)(C(=O)O)c1ccccc1. The summed E-state index contributed by atoms with van der Waals surface area (Å²) in [6.45, 7) is 1.57. The molecule has 0 saturated carbocycles. The van der Waals surface area contributed by atoms with Crippen LogP contribution in [0.3, 0.4) is 0 Å². The first-order chi connectivity index (χ1) is 11.7. The molecule has 25 heavy (non-hydrogen) atoms. The quantitative estimate of drug-likeness (QED) is 0.862. The summed E-state index contributed by atoms with van der Waals surface area (Å²) in [4.78, 5) is 30.3. The molecule has 6 nitrogen and oxygen atoms in total. The van der Waals surface area contributed by atoms with Gasteiger partial charge in [-0.2, -0.15) is 13.2 Å². The number of nitrogens with zero attached hydrogens (tertiary/aromatic N) is 2. The van der Waals surface area contributed by atoms with Gasteiger partial charge in [-0.05, 0) is 12.0 Å². The van der Waals surface area contributed by atoms with Crippen LogP contribution < -0.4 is 5.32 Å². The number of benzene rings is 1. The van der Waals surface area contributed by atoms with Crippen LogP contribution in [-0.4, -0.2) is 27.0 Å². The number of carboxylic acid groups (broad SMARTS) is 1. The molecule has 0 bridgehead atoms. The molecule has 1 unspecified atom stereocenters. The Balaban J connectivity index is 2.33. The maximum Gasteiger partial charge on any atom is 0.451 e. The van der Waals surface area contributed by atoms with Crippen molar-refractivity contribution < 1.29 is 27.9 Å². The van der Waals surface area contributed by atoms with Crippen molar-refractivity contribution in [3.05, 3.63) is 59.7 Å². The Bertz CT molecular complexity index is 764. The van der Waals surface area contributed by atoms with E-state index in [1.54, 1.807) is 37.3 Å². The van der Waals surface area contributed by atoms with Crippen LogP contribution in [0.2, 0.25) is 0 Å². The predicted octanol–water partition coefficient (Wildman–Crippen LogP) is 2.62. The highest BCUT2D eigenvalue weighted by molar-refractivity contribution is 5.97. The number of alkyl halides is 3. The molecule has 9 heteroatoms. The number of nitrogens with one attached hydrogen (secondary N) is 1.